The van der Waals surface area contributed by atoms with Gasteiger partial charge in [-0.15, -0.1) is 0 Å². The third-order valence-electron chi connectivity index (χ3n) is 5.92. The Kier molecular flexibility index (Phi) is 7.59. The van der Waals surface area contributed by atoms with Crippen LogP contribution in [0.1, 0.15) is 40.9 Å². The van der Waals surface area contributed by atoms with E-state index in [4.69, 9.17) is 4.42 Å². The highest BCUT2D eigenvalue weighted by Crippen LogP contribution is 2.19. The smallest absolute Gasteiger partial charge is 0.251 e. The number of carbonyl (C=O) groups is 1. The van der Waals surface area contributed by atoms with Crippen LogP contribution in [-0.4, -0.2) is 38.4 Å². The maximum atomic E-state index is 12.7. The largest absolute Gasteiger partial charge is 0.468 e. The van der Waals surface area contributed by atoms with Crippen molar-refractivity contribution >= 4 is 15.9 Å². The number of amides is 1. The van der Waals surface area contributed by atoms with Gasteiger partial charge in [-0.1, -0.05) is 36.8 Å². The van der Waals surface area contributed by atoms with Gasteiger partial charge in [0.05, 0.1) is 17.7 Å². The summed E-state index contributed by atoms with van der Waals surface area (Å²) in [5.74, 6) is 0.325. The Balaban J connectivity index is 1.32. The van der Waals surface area contributed by atoms with E-state index in [1.165, 1.54) is 30.4 Å². The van der Waals surface area contributed by atoms with Gasteiger partial charge in [-0.25, -0.2) is 13.1 Å². The minimum absolute atomic E-state index is 0.0679. The van der Waals surface area contributed by atoms with E-state index in [0.717, 1.165) is 25.9 Å². The lowest BCUT2D eigenvalue weighted by atomic mass is 10.0. The van der Waals surface area contributed by atoms with Crippen LogP contribution in [0.3, 0.4) is 0 Å². The number of hydrogen-bond acceptors (Lipinski definition) is 5. The maximum absolute atomic E-state index is 12.7. The quantitative estimate of drug-likeness (QED) is 0.502. The molecule has 1 fully saturated rings. The van der Waals surface area contributed by atoms with Gasteiger partial charge < -0.3 is 9.73 Å². The highest BCUT2D eigenvalue weighted by atomic mass is 32.2. The highest BCUT2D eigenvalue weighted by Gasteiger charge is 2.23. The Bertz CT molecular complexity index is 1130. The van der Waals surface area contributed by atoms with Crippen LogP contribution in [0.15, 0.2) is 82.3 Å². The molecule has 0 bridgehead atoms. The molecule has 1 aromatic heterocycles. The van der Waals surface area contributed by atoms with E-state index in [1.54, 1.807) is 24.3 Å². The molecule has 0 aliphatic carbocycles. The van der Waals surface area contributed by atoms with Crippen molar-refractivity contribution in [3.05, 3.63) is 89.9 Å². The fraction of sp³-hybridized carbons (Fsp3) is 0.320. The SMILES string of the molecule is O=C(NCC1CCCCN1Cc1ccccc1)c1ccc(S(=O)(=O)NCc2ccco2)cc1. The number of likely N-dealkylation sites (tertiary alicyclic amines) is 1. The summed E-state index contributed by atoms with van der Waals surface area (Å²) >= 11 is 0. The van der Waals surface area contributed by atoms with Crippen LogP contribution in [0.4, 0.5) is 0 Å². The van der Waals surface area contributed by atoms with Crippen molar-refractivity contribution < 1.29 is 17.6 Å². The Morgan fingerprint density at radius 1 is 1.00 bits per heavy atom. The summed E-state index contributed by atoms with van der Waals surface area (Å²) < 4.78 is 32.6. The second-order valence-electron chi connectivity index (χ2n) is 8.24. The Morgan fingerprint density at radius 3 is 2.52 bits per heavy atom. The first kappa shape index (κ1) is 23.2. The number of carbonyl (C=O) groups excluding carboxylic acids is 1. The Morgan fingerprint density at radius 2 is 1.79 bits per heavy atom. The van der Waals surface area contributed by atoms with Crippen molar-refractivity contribution in [2.75, 3.05) is 13.1 Å². The maximum Gasteiger partial charge on any atom is 0.251 e. The summed E-state index contributed by atoms with van der Waals surface area (Å²) in [5, 5.41) is 3.03. The number of rotatable bonds is 9. The molecule has 1 aliphatic heterocycles. The third-order valence-corrected chi connectivity index (χ3v) is 7.34. The molecule has 2 aromatic carbocycles. The number of nitrogens with zero attached hydrogens (tertiary/aromatic N) is 1. The number of benzene rings is 2. The van der Waals surface area contributed by atoms with Gasteiger partial charge in [-0.3, -0.25) is 9.69 Å². The molecule has 1 aliphatic rings. The number of piperidine rings is 1. The zero-order chi connectivity index (χ0) is 23.1. The zero-order valence-electron chi connectivity index (χ0n) is 18.4. The van der Waals surface area contributed by atoms with Crippen LogP contribution >= 0.6 is 0 Å². The van der Waals surface area contributed by atoms with Crippen molar-refractivity contribution in [2.45, 2.75) is 43.3 Å². The number of sulfonamides is 1. The van der Waals surface area contributed by atoms with Gasteiger partial charge >= 0.3 is 0 Å². The van der Waals surface area contributed by atoms with Crippen LogP contribution in [-0.2, 0) is 23.1 Å². The van der Waals surface area contributed by atoms with E-state index in [-0.39, 0.29) is 23.4 Å². The molecule has 4 rings (SSSR count). The molecule has 7 nitrogen and oxygen atoms in total. The summed E-state index contributed by atoms with van der Waals surface area (Å²) in [5.41, 5.74) is 1.71. The predicted octanol–water partition coefficient (Wildman–Crippen LogP) is 3.54. The summed E-state index contributed by atoms with van der Waals surface area (Å²) in [6.45, 7) is 2.53. The molecule has 3 aromatic rings. The van der Waals surface area contributed by atoms with Crippen molar-refractivity contribution in [3.8, 4) is 0 Å². The van der Waals surface area contributed by atoms with E-state index in [1.807, 2.05) is 18.2 Å². The van der Waals surface area contributed by atoms with Crippen LogP contribution in [0, 0.1) is 0 Å². The minimum Gasteiger partial charge on any atom is -0.468 e. The average molecular weight is 468 g/mol. The molecular weight excluding hydrogens is 438 g/mol. The van der Waals surface area contributed by atoms with Crippen molar-refractivity contribution in [1.29, 1.82) is 0 Å². The first-order valence-electron chi connectivity index (χ1n) is 11.2. The van der Waals surface area contributed by atoms with Crippen molar-refractivity contribution in [2.24, 2.45) is 0 Å². The molecule has 1 atom stereocenters. The van der Waals surface area contributed by atoms with Gasteiger partial charge in [0.15, 0.2) is 0 Å². The summed E-state index contributed by atoms with van der Waals surface area (Å²) in [7, 11) is -3.69. The van der Waals surface area contributed by atoms with Crippen molar-refractivity contribution in [1.82, 2.24) is 14.9 Å². The minimum atomic E-state index is -3.69. The van der Waals surface area contributed by atoms with E-state index < -0.39 is 10.0 Å². The molecule has 2 N–H and O–H groups in total. The van der Waals surface area contributed by atoms with Gasteiger partial charge in [-0.2, -0.15) is 0 Å². The van der Waals surface area contributed by atoms with Gasteiger partial charge in [0.25, 0.3) is 5.91 Å². The van der Waals surface area contributed by atoms with E-state index in [2.05, 4.69) is 27.1 Å². The molecule has 1 unspecified atom stereocenters. The monoisotopic (exact) mass is 467 g/mol. The first-order valence-corrected chi connectivity index (χ1v) is 12.7. The second kappa shape index (κ2) is 10.8. The number of furan rings is 1. The number of nitrogens with one attached hydrogen (secondary N) is 2. The van der Waals surface area contributed by atoms with Gasteiger partial charge in [-0.05, 0) is 61.3 Å². The molecular formula is C25H29N3O4S. The topological polar surface area (TPSA) is 91.7 Å². The highest BCUT2D eigenvalue weighted by molar-refractivity contribution is 7.89. The van der Waals surface area contributed by atoms with E-state index in [0.29, 0.717) is 17.9 Å². The van der Waals surface area contributed by atoms with Crippen LogP contribution in [0.2, 0.25) is 0 Å². The average Bonchev–Trinajstić information content (AvgIpc) is 3.37. The molecule has 1 amide bonds. The first-order chi connectivity index (χ1) is 16.0. The van der Waals surface area contributed by atoms with Gasteiger partial charge in [0.2, 0.25) is 10.0 Å². The van der Waals surface area contributed by atoms with E-state index in [9.17, 15) is 13.2 Å². The lowest BCUT2D eigenvalue weighted by Gasteiger charge is -2.36. The predicted molar refractivity (Wildman–Crippen MR) is 126 cm³/mol. The molecule has 8 heteroatoms. The lowest BCUT2D eigenvalue weighted by molar-refractivity contribution is 0.0907. The van der Waals surface area contributed by atoms with Crippen LogP contribution in [0.25, 0.3) is 0 Å². The standard InChI is InChI=1S/C25H29N3O4S/c29-25(26-17-22-9-4-5-15-28(22)19-20-7-2-1-3-8-20)21-11-13-24(14-12-21)33(30,31)27-18-23-10-6-16-32-23/h1-3,6-8,10-14,16,22,27H,4-5,9,15,17-19H2,(H,26,29). The molecule has 2 heterocycles. The van der Waals surface area contributed by atoms with Gasteiger partial charge in [0, 0.05) is 24.7 Å². The van der Waals surface area contributed by atoms with Gasteiger partial charge in [0.1, 0.15) is 5.76 Å². The summed E-state index contributed by atoms with van der Waals surface area (Å²) in [6, 6.07) is 20.0. The van der Waals surface area contributed by atoms with E-state index >= 15 is 0 Å². The second-order valence-corrected chi connectivity index (χ2v) is 10.0. The molecule has 0 spiro atoms. The fourth-order valence-electron chi connectivity index (χ4n) is 4.08. The van der Waals surface area contributed by atoms with Crippen LogP contribution < -0.4 is 10.0 Å². The van der Waals surface area contributed by atoms with Crippen molar-refractivity contribution in [3.63, 3.8) is 0 Å². The normalized spacial score (nSPS) is 17.0. The molecule has 33 heavy (non-hydrogen) atoms. The molecule has 0 radical (unpaired) electrons. The summed E-state index contributed by atoms with van der Waals surface area (Å²) in [4.78, 5) is 15.2. The summed E-state index contributed by atoms with van der Waals surface area (Å²) in [6.07, 6.45) is 4.86. The third kappa shape index (κ3) is 6.31. The van der Waals surface area contributed by atoms with Crippen LogP contribution in [0.5, 0.6) is 0 Å². The Hall–Kier alpha value is -2.94. The molecule has 174 valence electrons. The Labute approximate surface area is 194 Å². The molecule has 1 saturated heterocycles. The zero-order valence-corrected chi connectivity index (χ0v) is 19.3. The fourth-order valence-corrected chi connectivity index (χ4v) is 5.07. The molecule has 0 saturated carbocycles. The number of hydrogen-bond donors (Lipinski definition) is 2. The lowest BCUT2D eigenvalue weighted by Crippen LogP contribution is -2.46.